The summed E-state index contributed by atoms with van der Waals surface area (Å²) in [5.74, 6) is -2.74. The van der Waals surface area contributed by atoms with E-state index in [4.69, 9.17) is 0 Å². The average molecular weight is 1150 g/mol. The minimum Gasteiger partial charge on any atom is -0.507 e. The van der Waals surface area contributed by atoms with E-state index in [0.717, 1.165) is 0 Å². The van der Waals surface area contributed by atoms with Crippen LogP contribution in [-0.4, -0.2) is 71.5 Å². The molecule has 0 aliphatic heterocycles. The van der Waals surface area contributed by atoms with Gasteiger partial charge in [-0.05, 0) is 165 Å². The molecule has 8 rings (SSSR count). The summed E-state index contributed by atoms with van der Waals surface area (Å²) in [4.78, 5) is 0. The maximum Gasteiger partial charge on any atom is 0.126 e. The van der Waals surface area contributed by atoms with Crippen LogP contribution in [0.15, 0.2) is 42.5 Å². The number of phenolic OH excluding ortho intramolecular Hbond substituents is 14. The summed E-state index contributed by atoms with van der Waals surface area (Å²) >= 11 is 0. The summed E-state index contributed by atoms with van der Waals surface area (Å²) in [6, 6.07) is 11.3. The molecule has 14 heteroatoms. The van der Waals surface area contributed by atoms with Gasteiger partial charge in [0.2, 0.25) is 0 Å². The van der Waals surface area contributed by atoms with Crippen LogP contribution in [0, 0.1) is 0 Å². The van der Waals surface area contributed by atoms with Crippen molar-refractivity contribution < 1.29 is 71.5 Å². The van der Waals surface area contributed by atoms with Crippen molar-refractivity contribution >= 4 is 0 Å². The SMILES string of the molecule is CCCc1c(O)c2cc(c1O)Cc1cc(c(O)c(CCC)c1O)Cc1cc(c(O)c(CCC)c1O)Cc1cc(c(O)c(CCC)c1O)Cc1cc(c(O)c(CCC)c1O)Cc1cc(c(O)c(CCC)c1O)Cc1cc(c(O)c(CCC)c1O)C2. The molecule has 0 atom stereocenters. The zero-order valence-electron chi connectivity index (χ0n) is 49.7. The molecule has 0 radical (unpaired) electrons. The molecule has 1 aliphatic carbocycles. The Morgan fingerprint density at radius 3 is 0.333 bits per heavy atom. The molecule has 0 aromatic heterocycles. The van der Waals surface area contributed by atoms with Gasteiger partial charge in [-0.3, -0.25) is 0 Å². The Balaban J connectivity index is 1.45. The third-order valence-corrected chi connectivity index (χ3v) is 16.9. The number of hydrogen-bond donors (Lipinski definition) is 14. The first-order valence-corrected chi connectivity index (χ1v) is 30.0. The predicted octanol–water partition coefficient (Wildman–Crippen LogP) is 13.7. The van der Waals surface area contributed by atoms with Gasteiger partial charge in [0, 0.05) is 83.9 Å². The minimum atomic E-state index is -0.196. The van der Waals surface area contributed by atoms with Crippen LogP contribution in [-0.2, 0) is 89.9 Å². The first-order chi connectivity index (χ1) is 40.2. The number of hydrogen-bond acceptors (Lipinski definition) is 14. The highest BCUT2D eigenvalue weighted by atomic mass is 16.3. The lowest BCUT2D eigenvalue weighted by Crippen LogP contribution is -2.05. The molecule has 448 valence electrons. The molecule has 0 saturated heterocycles. The van der Waals surface area contributed by atoms with Gasteiger partial charge in [0.05, 0.1) is 0 Å². The second-order valence-corrected chi connectivity index (χ2v) is 23.1. The quantitative estimate of drug-likeness (QED) is 0.0482. The lowest BCUT2D eigenvalue weighted by atomic mass is 9.86. The van der Waals surface area contributed by atoms with Crippen molar-refractivity contribution in [3.05, 3.63) is 159 Å². The summed E-state index contributed by atoms with van der Waals surface area (Å²) in [6.45, 7) is 13.3. The number of benzene rings is 7. The van der Waals surface area contributed by atoms with Gasteiger partial charge < -0.3 is 71.5 Å². The van der Waals surface area contributed by atoms with Crippen LogP contribution in [0.25, 0.3) is 0 Å². The van der Waals surface area contributed by atoms with Crippen LogP contribution in [0.1, 0.15) is 210 Å². The molecule has 0 spiro atoms. The van der Waals surface area contributed by atoms with E-state index in [9.17, 15) is 71.5 Å². The Morgan fingerprint density at radius 1 is 0.179 bits per heavy atom. The lowest BCUT2D eigenvalue weighted by Gasteiger charge is -2.22. The Bertz CT molecular complexity index is 2780. The average Bonchev–Trinajstić information content (AvgIpc) is 2.95. The molecule has 0 fully saturated rings. The standard InChI is InChI=1S/C70H84O14/c1-8-15-50-57(71)36-22-37(58(50)72)30-39-24-41(62(76)52(17-10-3)60(39)74)32-43-26-45(66(80)54(19-12-5)64(43)78)34-47-28-49(70(84)56(21-14-7)68(47)82)35-48-27-46(67(81)55(20-13-6)69(48)83)33-44-25-42(63(77)53(18-11-4)65(44)79)31-40-23-38(29-36)59(73)51(16-9-2)61(40)75/h22-28,71-84H,8-21,29-35H2,1-7H3. The predicted molar refractivity (Wildman–Crippen MR) is 326 cm³/mol. The van der Waals surface area contributed by atoms with E-state index in [2.05, 4.69) is 0 Å². The first kappa shape index (κ1) is 61.8. The molecule has 14 nitrogen and oxygen atoms in total. The first-order valence-electron chi connectivity index (χ1n) is 30.0. The van der Waals surface area contributed by atoms with E-state index in [1.165, 1.54) is 0 Å². The topological polar surface area (TPSA) is 283 Å². The summed E-state index contributed by atoms with van der Waals surface area (Å²) in [5, 5.41) is 169. The smallest absolute Gasteiger partial charge is 0.126 e. The van der Waals surface area contributed by atoms with Crippen molar-refractivity contribution in [1.29, 1.82) is 0 Å². The van der Waals surface area contributed by atoms with Crippen LogP contribution in [0.5, 0.6) is 80.5 Å². The van der Waals surface area contributed by atoms with Gasteiger partial charge in [0.25, 0.3) is 0 Å². The fourth-order valence-corrected chi connectivity index (χ4v) is 12.7. The van der Waals surface area contributed by atoms with Crippen molar-refractivity contribution in [3.63, 3.8) is 0 Å². The molecule has 0 amide bonds. The summed E-state index contributed by atoms with van der Waals surface area (Å²) < 4.78 is 0. The highest BCUT2D eigenvalue weighted by molar-refractivity contribution is 5.66. The number of rotatable bonds is 14. The van der Waals surface area contributed by atoms with E-state index in [-0.39, 0.29) is 209 Å². The third kappa shape index (κ3) is 11.9. The number of fused-ring (bicyclic) bond motifs is 14. The maximum atomic E-state index is 12.0. The normalized spacial score (nSPS) is 12.8. The monoisotopic (exact) mass is 1150 g/mol. The van der Waals surface area contributed by atoms with Crippen LogP contribution in [0.2, 0.25) is 0 Å². The van der Waals surface area contributed by atoms with Gasteiger partial charge in [-0.2, -0.15) is 0 Å². The fraction of sp³-hybridized carbons (Fsp3) is 0.400. The van der Waals surface area contributed by atoms with Gasteiger partial charge >= 0.3 is 0 Å². The molecule has 1 aliphatic rings. The second kappa shape index (κ2) is 26.1. The van der Waals surface area contributed by atoms with Crippen LogP contribution in [0.3, 0.4) is 0 Å². The molecule has 0 heterocycles. The molecule has 84 heavy (non-hydrogen) atoms. The zero-order valence-corrected chi connectivity index (χ0v) is 49.7. The Labute approximate surface area is 492 Å². The van der Waals surface area contributed by atoms with Crippen LogP contribution in [0.4, 0.5) is 0 Å². The summed E-state index contributed by atoms with van der Waals surface area (Å²) in [6.07, 6.45) is 4.97. The molecular formula is C70H84O14. The highest BCUT2D eigenvalue weighted by Gasteiger charge is 2.29. The zero-order chi connectivity index (χ0) is 61.0. The molecule has 0 saturated carbocycles. The summed E-state index contributed by atoms with van der Waals surface area (Å²) in [5.41, 5.74) is 6.36. The van der Waals surface area contributed by atoms with Crippen molar-refractivity contribution in [1.82, 2.24) is 0 Å². The van der Waals surface area contributed by atoms with Crippen LogP contribution < -0.4 is 0 Å². The van der Waals surface area contributed by atoms with Gasteiger partial charge in [0.15, 0.2) is 0 Å². The highest BCUT2D eigenvalue weighted by Crippen LogP contribution is 2.49. The summed E-state index contributed by atoms with van der Waals surface area (Å²) in [7, 11) is 0. The van der Waals surface area contributed by atoms with Gasteiger partial charge in [0.1, 0.15) is 80.5 Å². The van der Waals surface area contributed by atoms with Crippen molar-refractivity contribution in [3.8, 4) is 80.5 Å². The molecule has 7 aromatic carbocycles. The Morgan fingerprint density at radius 2 is 0.262 bits per heavy atom. The molecule has 14 bridgehead atoms. The fourth-order valence-electron chi connectivity index (χ4n) is 12.7. The lowest BCUT2D eigenvalue weighted by molar-refractivity contribution is 0.423. The van der Waals surface area contributed by atoms with Crippen molar-refractivity contribution in [2.75, 3.05) is 0 Å². The van der Waals surface area contributed by atoms with E-state index in [0.29, 0.717) is 123 Å². The number of aromatic hydroxyl groups is 14. The van der Waals surface area contributed by atoms with Crippen LogP contribution >= 0.6 is 0 Å². The minimum absolute atomic E-state index is 0.0857. The third-order valence-electron chi connectivity index (χ3n) is 16.9. The van der Waals surface area contributed by atoms with Crippen molar-refractivity contribution in [2.45, 2.75) is 183 Å². The van der Waals surface area contributed by atoms with Gasteiger partial charge in [-0.1, -0.05) is 93.4 Å². The van der Waals surface area contributed by atoms with Gasteiger partial charge in [-0.15, -0.1) is 0 Å². The Hall–Kier alpha value is -8.26. The van der Waals surface area contributed by atoms with Gasteiger partial charge in [-0.25, -0.2) is 0 Å². The largest absolute Gasteiger partial charge is 0.507 e. The molecule has 0 unspecified atom stereocenters. The van der Waals surface area contributed by atoms with Crippen molar-refractivity contribution in [2.24, 2.45) is 0 Å². The van der Waals surface area contributed by atoms with E-state index >= 15 is 0 Å². The Kier molecular flexibility index (Phi) is 19.2. The maximum absolute atomic E-state index is 12.0. The molecular weight excluding hydrogens is 1060 g/mol. The second-order valence-electron chi connectivity index (χ2n) is 23.1. The van der Waals surface area contributed by atoms with E-state index in [1.54, 1.807) is 42.5 Å². The van der Waals surface area contributed by atoms with E-state index < -0.39 is 0 Å². The molecule has 14 N–H and O–H groups in total. The number of phenols is 14. The van der Waals surface area contributed by atoms with E-state index in [1.807, 2.05) is 48.5 Å². The molecule has 7 aromatic rings.